The number of thioether (sulfide) groups is 1. The van der Waals surface area contributed by atoms with Gasteiger partial charge in [0.15, 0.2) is 0 Å². The molecule has 3 heteroatoms. The van der Waals surface area contributed by atoms with Crippen LogP contribution in [0.5, 0.6) is 0 Å². The summed E-state index contributed by atoms with van der Waals surface area (Å²) >= 11 is 1.80. The molecule has 0 aliphatic heterocycles. The molecule has 0 rings (SSSR count). The topological polar surface area (TPSA) is 23.5 Å². The Morgan fingerprint density at radius 3 is 2.50 bits per heavy atom. The fourth-order valence-electron chi connectivity index (χ4n) is 0.501. The zero-order valence-corrected chi connectivity index (χ0v) is 7.82. The van der Waals surface area contributed by atoms with Crippen molar-refractivity contribution in [1.29, 1.82) is 0 Å². The van der Waals surface area contributed by atoms with Crippen molar-refractivity contribution in [2.45, 2.75) is 13.0 Å². The molecule has 0 aromatic rings. The molecule has 0 saturated carbocycles. The summed E-state index contributed by atoms with van der Waals surface area (Å²) in [5.74, 6) is 1.96. The minimum atomic E-state index is -0.160. The number of hydrogen-bond acceptors (Lipinski definition) is 3. The molecule has 2 nitrogen and oxygen atoms in total. The van der Waals surface area contributed by atoms with Crippen LogP contribution in [0, 0.1) is 0 Å². The summed E-state index contributed by atoms with van der Waals surface area (Å²) in [5, 5.41) is 8.88. The van der Waals surface area contributed by atoms with E-state index in [2.05, 4.69) is 19.0 Å². The van der Waals surface area contributed by atoms with Gasteiger partial charge in [0, 0.05) is 18.1 Å². The van der Waals surface area contributed by atoms with Crippen LogP contribution in [0.1, 0.15) is 6.92 Å². The molecule has 62 valence electrons. The number of hydrogen-bond donors (Lipinski definition) is 1. The third-order valence-electron chi connectivity index (χ3n) is 1.04. The summed E-state index contributed by atoms with van der Waals surface area (Å²) in [6, 6.07) is 0. The highest BCUT2D eigenvalue weighted by atomic mass is 32.2. The van der Waals surface area contributed by atoms with Gasteiger partial charge >= 0.3 is 0 Å². The Morgan fingerprint density at radius 1 is 1.50 bits per heavy atom. The zero-order valence-electron chi connectivity index (χ0n) is 7.00. The summed E-state index contributed by atoms with van der Waals surface area (Å²) in [7, 11) is 4.12. The van der Waals surface area contributed by atoms with Gasteiger partial charge in [0.2, 0.25) is 0 Å². The Bertz CT molecular complexity index is 66.0. The van der Waals surface area contributed by atoms with Crippen molar-refractivity contribution < 1.29 is 5.11 Å². The van der Waals surface area contributed by atoms with Crippen LogP contribution in [0.15, 0.2) is 0 Å². The van der Waals surface area contributed by atoms with Crippen molar-refractivity contribution in [2.24, 2.45) is 0 Å². The summed E-state index contributed by atoms with van der Waals surface area (Å²) in [6.07, 6.45) is -0.160. The van der Waals surface area contributed by atoms with Gasteiger partial charge < -0.3 is 10.0 Å². The lowest BCUT2D eigenvalue weighted by Crippen LogP contribution is -2.16. The monoisotopic (exact) mass is 163 g/mol. The van der Waals surface area contributed by atoms with E-state index >= 15 is 0 Å². The van der Waals surface area contributed by atoms with Gasteiger partial charge in [0.25, 0.3) is 0 Å². The van der Waals surface area contributed by atoms with Gasteiger partial charge in [0.05, 0.1) is 6.10 Å². The van der Waals surface area contributed by atoms with Gasteiger partial charge in [-0.3, -0.25) is 0 Å². The molecule has 0 aliphatic rings. The van der Waals surface area contributed by atoms with Crippen LogP contribution < -0.4 is 0 Å². The first-order chi connectivity index (χ1) is 4.63. The highest BCUT2D eigenvalue weighted by Gasteiger charge is 1.95. The molecule has 1 atom stereocenters. The molecule has 0 heterocycles. The van der Waals surface area contributed by atoms with E-state index in [1.54, 1.807) is 11.8 Å². The van der Waals surface area contributed by atoms with Gasteiger partial charge in [-0.1, -0.05) is 0 Å². The highest BCUT2D eigenvalue weighted by molar-refractivity contribution is 7.99. The molecule has 0 aromatic heterocycles. The maximum atomic E-state index is 8.88. The Balaban J connectivity index is 2.91. The normalized spacial score (nSPS) is 14.1. The molecule has 1 N–H and O–H groups in total. The first-order valence-electron chi connectivity index (χ1n) is 3.53. The maximum absolute atomic E-state index is 8.88. The van der Waals surface area contributed by atoms with Gasteiger partial charge in [-0.15, -0.1) is 0 Å². The molecule has 0 spiro atoms. The molecule has 0 amide bonds. The Morgan fingerprint density at radius 2 is 2.10 bits per heavy atom. The quantitative estimate of drug-likeness (QED) is 0.602. The summed E-state index contributed by atoms with van der Waals surface area (Å²) < 4.78 is 0. The lowest BCUT2D eigenvalue weighted by molar-refractivity contribution is 0.220. The van der Waals surface area contributed by atoms with Gasteiger partial charge in [-0.25, -0.2) is 0 Å². The number of aliphatic hydroxyl groups excluding tert-OH is 1. The van der Waals surface area contributed by atoms with Crippen molar-refractivity contribution in [3.8, 4) is 0 Å². The van der Waals surface area contributed by atoms with E-state index < -0.39 is 0 Å². The van der Waals surface area contributed by atoms with Crippen molar-refractivity contribution in [2.75, 3.05) is 32.1 Å². The van der Waals surface area contributed by atoms with Crippen molar-refractivity contribution >= 4 is 11.8 Å². The molecule has 0 aromatic carbocycles. The third kappa shape index (κ3) is 8.27. The van der Waals surface area contributed by atoms with Crippen LogP contribution in [0.2, 0.25) is 0 Å². The molecular formula is C7H17NOS. The molecule has 0 bridgehead atoms. The third-order valence-corrected chi connectivity index (χ3v) is 2.23. The Hall–Kier alpha value is 0.270. The van der Waals surface area contributed by atoms with Crippen LogP contribution in [-0.4, -0.2) is 48.3 Å². The first-order valence-corrected chi connectivity index (χ1v) is 4.69. The first kappa shape index (κ1) is 10.3. The fourth-order valence-corrected chi connectivity index (χ4v) is 1.50. The summed E-state index contributed by atoms with van der Waals surface area (Å²) in [4.78, 5) is 2.15. The smallest absolute Gasteiger partial charge is 0.0602 e. The second kappa shape index (κ2) is 6.01. The largest absolute Gasteiger partial charge is 0.393 e. The average Bonchev–Trinajstić information content (AvgIpc) is 1.79. The lowest BCUT2D eigenvalue weighted by Gasteiger charge is -2.09. The number of nitrogens with zero attached hydrogens (tertiary/aromatic N) is 1. The molecule has 0 fully saturated rings. The van der Waals surface area contributed by atoms with Crippen LogP contribution >= 0.6 is 11.8 Å². The Labute approximate surface area is 67.6 Å². The van der Waals surface area contributed by atoms with Crippen LogP contribution in [0.25, 0.3) is 0 Å². The van der Waals surface area contributed by atoms with Crippen molar-refractivity contribution in [3.63, 3.8) is 0 Å². The molecular weight excluding hydrogens is 146 g/mol. The molecule has 0 radical (unpaired) electrons. The number of rotatable bonds is 5. The average molecular weight is 163 g/mol. The van der Waals surface area contributed by atoms with Crippen molar-refractivity contribution in [3.05, 3.63) is 0 Å². The van der Waals surface area contributed by atoms with Crippen LogP contribution in [-0.2, 0) is 0 Å². The minimum Gasteiger partial charge on any atom is -0.393 e. The highest BCUT2D eigenvalue weighted by Crippen LogP contribution is 2.01. The van der Waals surface area contributed by atoms with Gasteiger partial charge in [-0.05, 0) is 21.0 Å². The molecule has 1 unspecified atom stereocenters. The lowest BCUT2D eigenvalue weighted by atomic mass is 10.5. The molecule has 10 heavy (non-hydrogen) atoms. The van der Waals surface area contributed by atoms with Crippen LogP contribution in [0.4, 0.5) is 0 Å². The predicted octanol–water partition coefficient (Wildman–Crippen LogP) is 0.662. The van der Waals surface area contributed by atoms with E-state index in [0.29, 0.717) is 0 Å². The SMILES string of the molecule is CC(O)CSCCN(C)C. The second-order valence-electron chi connectivity index (χ2n) is 2.73. The van der Waals surface area contributed by atoms with E-state index in [-0.39, 0.29) is 6.10 Å². The van der Waals surface area contributed by atoms with E-state index in [9.17, 15) is 0 Å². The predicted molar refractivity (Wildman–Crippen MR) is 47.6 cm³/mol. The molecule has 0 aliphatic carbocycles. The maximum Gasteiger partial charge on any atom is 0.0602 e. The summed E-state index contributed by atoms with van der Waals surface area (Å²) in [5.41, 5.74) is 0. The van der Waals surface area contributed by atoms with E-state index in [4.69, 9.17) is 5.11 Å². The van der Waals surface area contributed by atoms with Crippen LogP contribution in [0.3, 0.4) is 0 Å². The Kier molecular flexibility index (Phi) is 6.17. The van der Waals surface area contributed by atoms with E-state index in [1.807, 2.05) is 6.92 Å². The van der Waals surface area contributed by atoms with E-state index in [0.717, 1.165) is 18.1 Å². The molecule has 0 saturated heterocycles. The van der Waals surface area contributed by atoms with Gasteiger partial charge in [0.1, 0.15) is 0 Å². The van der Waals surface area contributed by atoms with Crippen molar-refractivity contribution in [1.82, 2.24) is 4.90 Å². The zero-order chi connectivity index (χ0) is 7.98. The number of aliphatic hydroxyl groups is 1. The van der Waals surface area contributed by atoms with Gasteiger partial charge in [-0.2, -0.15) is 11.8 Å². The second-order valence-corrected chi connectivity index (χ2v) is 3.88. The fraction of sp³-hybridized carbons (Fsp3) is 1.00. The van der Waals surface area contributed by atoms with E-state index in [1.165, 1.54) is 0 Å². The minimum absolute atomic E-state index is 0.160. The summed E-state index contributed by atoms with van der Waals surface area (Å²) in [6.45, 7) is 2.92. The standard InChI is InChI=1S/C7H17NOS/c1-7(9)6-10-5-4-8(2)3/h7,9H,4-6H2,1-3H3.